The fourth-order valence-electron chi connectivity index (χ4n) is 3.06. The third kappa shape index (κ3) is 7.63. The van der Waals surface area contributed by atoms with Crippen LogP contribution >= 0.6 is 0 Å². The first-order chi connectivity index (χ1) is 15.1. The molecule has 0 saturated carbocycles. The van der Waals surface area contributed by atoms with Crippen molar-refractivity contribution < 1.29 is 19.0 Å². The van der Waals surface area contributed by atoms with Crippen molar-refractivity contribution in [3.05, 3.63) is 71.8 Å². The molecule has 0 aromatic heterocycles. The van der Waals surface area contributed by atoms with Crippen molar-refractivity contribution in [1.29, 1.82) is 0 Å². The molecule has 2 aromatic carbocycles. The molecule has 31 heavy (non-hydrogen) atoms. The van der Waals surface area contributed by atoms with Gasteiger partial charge in [-0.2, -0.15) is 0 Å². The second kappa shape index (κ2) is 13.3. The fraction of sp³-hybridized carbons (Fsp3) is 0.370. The average Bonchev–Trinajstić information content (AvgIpc) is 2.79. The molecule has 0 unspecified atom stereocenters. The van der Waals surface area contributed by atoms with Crippen LogP contribution in [-0.4, -0.2) is 25.6 Å². The molecule has 0 atom stereocenters. The highest BCUT2D eigenvalue weighted by molar-refractivity contribution is 6.06. The lowest BCUT2D eigenvalue weighted by Gasteiger charge is -2.17. The van der Waals surface area contributed by atoms with E-state index in [0.717, 1.165) is 48.3 Å². The number of allylic oxidation sites excluding steroid dienone is 1. The lowest BCUT2D eigenvalue weighted by Crippen LogP contribution is -2.05. The number of ether oxygens (including phenoxy) is 3. The first-order valence-electron chi connectivity index (χ1n) is 11.1. The highest BCUT2D eigenvalue weighted by atomic mass is 16.5. The molecule has 0 fully saturated rings. The highest BCUT2D eigenvalue weighted by Gasteiger charge is 2.13. The van der Waals surface area contributed by atoms with Gasteiger partial charge in [-0.25, -0.2) is 0 Å². The zero-order valence-corrected chi connectivity index (χ0v) is 19.0. The first-order valence-corrected chi connectivity index (χ1v) is 11.1. The summed E-state index contributed by atoms with van der Waals surface area (Å²) >= 11 is 0. The number of carbonyl (C=O) groups is 1. The van der Waals surface area contributed by atoms with Crippen LogP contribution in [0.1, 0.15) is 61.5 Å². The van der Waals surface area contributed by atoms with Crippen LogP contribution in [0, 0.1) is 0 Å². The SMILES string of the molecule is C=CCOc1ccc(C(=O)C=Cc2cc(CCC)c(OCCC)c(OCCC)c2)cc1. The molecule has 0 spiro atoms. The summed E-state index contributed by atoms with van der Waals surface area (Å²) in [5, 5.41) is 0. The smallest absolute Gasteiger partial charge is 0.185 e. The molecule has 0 heterocycles. The number of carbonyl (C=O) groups excluding carboxylic acids is 1. The summed E-state index contributed by atoms with van der Waals surface area (Å²) in [6, 6.07) is 11.2. The molecule has 0 aliphatic carbocycles. The van der Waals surface area contributed by atoms with Gasteiger partial charge >= 0.3 is 0 Å². The summed E-state index contributed by atoms with van der Waals surface area (Å²) in [5.74, 6) is 2.23. The van der Waals surface area contributed by atoms with Gasteiger partial charge in [-0.1, -0.05) is 45.9 Å². The van der Waals surface area contributed by atoms with Gasteiger partial charge in [0.1, 0.15) is 12.4 Å². The molecule has 2 aromatic rings. The Kier molecular flexibility index (Phi) is 10.4. The van der Waals surface area contributed by atoms with E-state index in [0.29, 0.717) is 31.1 Å². The van der Waals surface area contributed by atoms with Crippen LogP contribution in [0.15, 0.2) is 55.1 Å². The maximum atomic E-state index is 12.6. The van der Waals surface area contributed by atoms with Crippen LogP contribution in [0.3, 0.4) is 0 Å². The van der Waals surface area contributed by atoms with Gasteiger partial charge in [-0.15, -0.1) is 0 Å². The normalized spacial score (nSPS) is 10.8. The Morgan fingerprint density at radius 3 is 2.29 bits per heavy atom. The summed E-state index contributed by atoms with van der Waals surface area (Å²) in [4.78, 5) is 12.6. The van der Waals surface area contributed by atoms with Crippen molar-refractivity contribution >= 4 is 11.9 Å². The molecule has 0 amide bonds. The number of ketones is 1. The summed E-state index contributed by atoms with van der Waals surface area (Å²) in [5.41, 5.74) is 2.65. The second-order valence-corrected chi connectivity index (χ2v) is 7.28. The average molecular weight is 423 g/mol. The number of benzene rings is 2. The maximum Gasteiger partial charge on any atom is 0.185 e. The van der Waals surface area contributed by atoms with Crippen molar-refractivity contribution in [3.8, 4) is 17.2 Å². The summed E-state index contributed by atoms with van der Waals surface area (Å²) in [6.45, 7) is 11.7. The zero-order chi connectivity index (χ0) is 22.5. The predicted octanol–water partition coefficient (Wildman–Crippen LogP) is 6.68. The molecule has 4 heteroatoms. The third-order valence-corrected chi connectivity index (χ3v) is 4.52. The summed E-state index contributed by atoms with van der Waals surface area (Å²) in [7, 11) is 0. The van der Waals surface area contributed by atoms with E-state index in [2.05, 4.69) is 33.4 Å². The van der Waals surface area contributed by atoms with Crippen molar-refractivity contribution in [3.63, 3.8) is 0 Å². The van der Waals surface area contributed by atoms with E-state index in [4.69, 9.17) is 14.2 Å². The molecule has 4 nitrogen and oxygen atoms in total. The molecule has 2 rings (SSSR count). The lowest BCUT2D eigenvalue weighted by atomic mass is 10.0. The summed E-state index contributed by atoms with van der Waals surface area (Å²) < 4.78 is 17.5. The van der Waals surface area contributed by atoms with E-state index >= 15 is 0 Å². The van der Waals surface area contributed by atoms with Crippen molar-refractivity contribution in [2.75, 3.05) is 19.8 Å². The van der Waals surface area contributed by atoms with E-state index in [1.807, 2.05) is 12.1 Å². The standard InChI is InChI=1S/C27H34O4/c1-5-9-23-19-21(20-26(30-17-7-3)27(23)31-18-8-4)10-15-25(28)22-11-13-24(14-12-22)29-16-6-2/h6,10-15,19-20H,2,5,7-9,16-18H2,1,3-4H3. The van der Waals surface area contributed by atoms with Crippen molar-refractivity contribution in [1.82, 2.24) is 0 Å². The Labute approximate surface area is 186 Å². The van der Waals surface area contributed by atoms with Gasteiger partial charge in [0.2, 0.25) is 0 Å². The van der Waals surface area contributed by atoms with E-state index < -0.39 is 0 Å². The highest BCUT2D eigenvalue weighted by Crippen LogP contribution is 2.35. The van der Waals surface area contributed by atoms with Gasteiger partial charge in [0.15, 0.2) is 17.3 Å². The van der Waals surface area contributed by atoms with Crippen LogP contribution < -0.4 is 14.2 Å². The largest absolute Gasteiger partial charge is 0.490 e. The Balaban J connectivity index is 2.25. The molecule has 0 aliphatic heterocycles. The molecule has 0 saturated heterocycles. The molecule has 166 valence electrons. The van der Waals surface area contributed by atoms with Crippen LogP contribution in [0.25, 0.3) is 6.08 Å². The Morgan fingerprint density at radius 2 is 1.65 bits per heavy atom. The number of aryl methyl sites for hydroxylation is 1. The second-order valence-electron chi connectivity index (χ2n) is 7.28. The van der Waals surface area contributed by atoms with Gasteiger partial charge in [-0.05, 0) is 72.9 Å². The van der Waals surface area contributed by atoms with Crippen molar-refractivity contribution in [2.45, 2.75) is 46.5 Å². The minimum Gasteiger partial charge on any atom is -0.490 e. The Hall–Kier alpha value is -3.01. The number of hydrogen-bond acceptors (Lipinski definition) is 4. The van der Waals surface area contributed by atoms with Crippen LogP contribution in [-0.2, 0) is 6.42 Å². The van der Waals surface area contributed by atoms with E-state index in [9.17, 15) is 4.79 Å². The van der Waals surface area contributed by atoms with Crippen LogP contribution in [0.4, 0.5) is 0 Å². The maximum absolute atomic E-state index is 12.6. The number of rotatable bonds is 14. The molecule has 0 aliphatic rings. The topological polar surface area (TPSA) is 44.8 Å². The molecular weight excluding hydrogens is 388 g/mol. The number of hydrogen-bond donors (Lipinski definition) is 0. The van der Waals surface area contributed by atoms with Gasteiger partial charge in [0.25, 0.3) is 0 Å². The molecule has 0 N–H and O–H groups in total. The minimum absolute atomic E-state index is 0.0605. The quantitative estimate of drug-likeness (QED) is 0.194. The van der Waals surface area contributed by atoms with Gasteiger partial charge < -0.3 is 14.2 Å². The summed E-state index contributed by atoms with van der Waals surface area (Å²) in [6.07, 6.45) is 8.87. The Morgan fingerprint density at radius 1 is 0.935 bits per heavy atom. The Bertz CT molecular complexity index is 866. The molecular formula is C27H34O4. The van der Waals surface area contributed by atoms with Gasteiger partial charge in [0.05, 0.1) is 13.2 Å². The fourth-order valence-corrected chi connectivity index (χ4v) is 3.06. The van der Waals surface area contributed by atoms with Gasteiger partial charge in [0, 0.05) is 5.56 Å². The predicted molar refractivity (Wildman–Crippen MR) is 128 cm³/mol. The lowest BCUT2D eigenvalue weighted by molar-refractivity contribution is 0.104. The third-order valence-electron chi connectivity index (χ3n) is 4.52. The van der Waals surface area contributed by atoms with Crippen LogP contribution in [0.2, 0.25) is 0 Å². The molecule has 0 bridgehead atoms. The van der Waals surface area contributed by atoms with Gasteiger partial charge in [-0.3, -0.25) is 4.79 Å². The minimum atomic E-state index is -0.0605. The van der Waals surface area contributed by atoms with Crippen LogP contribution in [0.5, 0.6) is 17.2 Å². The van der Waals surface area contributed by atoms with E-state index in [1.165, 1.54) is 0 Å². The zero-order valence-electron chi connectivity index (χ0n) is 19.0. The van der Waals surface area contributed by atoms with Crippen molar-refractivity contribution in [2.24, 2.45) is 0 Å². The monoisotopic (exact) mass is 422 g/mol. The molecule has 0 radical (unpaired) electrons. The first kappa shape index (κ1) is 24.3. The van der Waals surface area contributed by atoms with E-state index in [-0.39, 0.29) is 5.78 Å². The van der Waals surface area contributed by atoms with E-state index in [1.54, 1.807) is 36.4 Å².